The van der Waals surface area contributed by atoms with Crippen LogP contribution in [-0.2, 0) is 14.3 Å². The molecule has 0 aromatic rings. The van der Waals surface area contributed by atoms with E-state index in [1.54, 1.807) is 0 Å². The van der Waals surface area contributed by atoms with Crippen LogP contribution in [0.25, 0.3) is 0 Å². The number of aliphatic carboxylic acids is 1. The van der Waals surface area contributed by atoms with Crippen molar-refractivity contribution >= 4 is 11.9 Å². The Bertz CT molecular complexity index is 262. The van der Waals surface area contributed by atoms with E-state index in [0.29, 0.717) is 17.9 Å². The van der Waals surface area contributed by atoms with Crippen LogP contribution in [0.3, 0.4) is 0 Å². The Labute approximate surface area is 88.8 Å². The Morgan fingerprint density at radius 3 is 2.53 bits per heavy atom. The molecule has 1 unspecified atom stereocenters. The molecule has 1 atom stereocenters. The van der Waals surface area contributed by atoms with Gasteiger partial charge in [0.15, 0.2) is 0 Å². The lowest BCUT2D eigenvalue weighted by Gasteiger charge is -2.06. The van der Waals surface area contributed by atoms with Crippen LogP contribution in [0.5, 0.6) is 0 Å². The predicted octanol–water partition coefficient (Wildman–Crippen LogP) is 0.250. The van der Waals surface area contributed by atoms with Gasteiger partial charge in [0.2, 0.25) is 5.91 Å². The van der Waals surface area contributed by atoms with Gasteiger partial charge >= 0.3 is 5.97 Å². The average molecular weight is 215 g/mol. The van der Waals surface area contributed by atoms with Crippen LogP contribution in [-0.4, -0.2) is 36.7 Å². The summed E-state index contributed by atoms with van der Waals surface area (Å²) in [5.74, 6) is -0.772. The Balaban J connectivity index is 2.02. The number of carboxylic acids is 1. The van der Waals surface area contributed by atoms with Gasteiger partial charge in [-0.3, -0.25) is 4.79 Å². The molecule has 86 valence electrons. The third-order valence-corrected chi connectivity index (χ3v) is 2.72. The van der Waals surface area contributed by atoms with E-state index < -0.39 is 12.6 Å². The molecule has 1 rings (SSSR count). The van der Waals surface area contributed by atoms with Crippen molar-refractivity contribution in [2.24, 2.45) is 11.3 Å². The van der Waals surface area contributed by atoms with Crippen molar-refractivity contribution in [3.05, 3.63) is 0 Å². The summed E-state index contributed by atoms with van der Waals surface area (Å²) in [4.78, 5) is 21.2. The van der Waals surface area contributed by atoms with Gasteiger partial charge in [-0.2, -0.15) is 0 Å². The number of nitrogens with one attached hydrogen (secondary N) is 1. The summed E-state index contributed by atoms with van der Waals surface area (Å²) >= 11 is 0. The van der Waals surface area contributed by atoms with Gasteiger partial charge in [0.05, 0.1) is 0 Å². The van der Waals surface area contributed by atoms with Crippen molar-refractivity contribution in [2.75, 3.05) is 19.8 Å². The SMILES string of the molecule is CC1(C)CC1CNC(=O)COCC(=O)O. The zero-order valence-corrected chi connectivity index (χ0v) is 9.08. The molecule has 0 spiro atoms. The van der Waals surface area contributed by atoms with E-state index in [0.717, 1.165) is 6.42 Å². The highest BCUT2D eigenvalue weighted by Crippen LogP contribution is 2.50. The molecule has 0 aromatic heterocycles. The van der Waals surface area contributed by atoms with Crippen molar-refractivity contribution in [2.45, 2.75) is 20.3 Å². The first-order chi connectivity index (χ1) is 6.92. The van der Waals surface area contributed by atoms with Gasteiger partial charge in [-0.05, 0) is 17.8 Å². The summed E-state index contributed by atoms with van der Waals surface area (Å²) in [7, 11) is 0. The number of carboxylic acid groups (broad SMARTS) is 1. The van der Waals surface area contributed by atoms with Crippen LogP contribution < -0.4 is 5.32 Å². The first-order valence-corrected chi connectivity index (χ1v) is 4.98. The summed E-state index contributed by atoms with van der Waals surface area (Å²) in [5, 5.41) is 11.0. The van der Waals surface area contributed by atoms with E-state index in [1.165, 1.54) is 0 Å². The van der Waals surface area contributed by atoms with E-state index in [4.69, 9.17) is 5.11 Å². The Hall–Kier alpha value is -1.10. The predicted molar refractivity (Wildman–Crippen MR) is 53.4 cm³/mol. The minimum absolute atomic E-state index is 0.181. The zero-order chi connectivity index (χ0) is 11.5. The Kier molecular flexibility index (Phi) is 3.68. The van der Waals surface area contributed by atoms with Crippen LogP contribution in [0.1, 0.15) is 20.3 Å². The van der Waals surface area contributed by atoms with Gasteiger partial charge in [0.25, 0.3) is 0 Å². The fourth-order valence-corrected chi connectivity index (χ4v) is 1.44. The highest BCUT2D eigenvalue weighted by Gasteiger charge is 2.45. The van der Waals surface area contributed by atoms with Crippen LogP contribution in [0, 0.1) is 11.3 Å². The summed E-state index contributed by atoms with van der Waals surface area (Å²) in [6.45, 7) is 4.36. The van der Waals surface area contributed by atoms with Gasteiger partial charge in [-0.1, -0.05) is 13.8 Å². The molecule has 1 saturated carbocycles. The maximum absolute atomic E-state index is 11.1. The molecule has 0 heterocycles. The van der Waals surface area contributed by atoms with Crippen LogP contribution in [0.4, 0.5) is 0 Å². The minimum Gasteiger partial charge on any atom is -0.480 e. The lowest BCUT2D eigenvalue weighted by atomic mass is 10.1. The topological polar surface area (TPSA) is 75.6 Å². The normalized spacial score (nSPS) is 22.1. The number of hydrogen-bond donors (Lipinski definition) is 2. The second kappa shape index (κ2) is 4.61. The second-order valence-corrected chi connectivity index (χ2v) is 4.58. The molecule has 1 aliphatic carbocycles. The van der Waals surface area contributed by atoms with Gasteiger partial charge in [-0.25, -0.2) is 4.79 Å². The van der Waals surface area contributed by atoms with Gasteiger partial charge in [0.1, 0.15) is 13.2 Å². The third-order valence-electron chi connectivity index (χ3n) is 2.72. The molecule has 0 saturated heterocycles. The molecular formula is C10H17NO4. The largest absolute Gasteiger partial charge is 0.480 e. The van der Waals surface area contributed by atoms with Crippen molar-refractivity contribution in [3.8, 4) is 0 Å². The van der Waals surface area contributed by atoms with Crippen molar-refractivity contribution in [1.82, 2.24) is 5.32 Å². The van der Waals surface area contributed by atoms with Crippen LogP contribution >= 0.6 is 0 Å². The first-order valence-electron chi connectivity index (χ1n) is 4.98. The molecule has 15 heavy (non-hydrogen) atoms. The van der Waals surface area contributed by atoms with Crippen molar-refractivity contribution in [1.29, 1.82) is 0 Å². The maximum Gasteiger partial charge on any atom is 0.329 e. The van der Waals surface area contributed by atoms with E-state index in [-0.39, 0.29) is 12.5 Å². The molecule has 0 radical (unpaired) electrons. The van der Waals surface area contributed by atoms with Gasteiger partial charge in [0, 0.05) is 6.54 Å². The number of ether oxygens (including phenoxy) is 1. The molecule has 5 nitrogen and oxygen atoms in total. The summed E-state index contributed by atoms with van der Waals surface area (Å²) in [6.07, 6.45) is 1.13. The summed E-state index contributed by atoms with van der Waals surface area (Å²) in [6, 6.07) is 0. The highest BCUT2D eigenvalue weighted by molar-refractivity contribution is 5.77. The summed E-state index contributed by atoms with van der Waals surface area (Å²) < 4.78 is 4.65. The van der Waals surface area contributed by atoms with Gasteiger partial charge < -0.3 is 15.2 Å². The van der Waals surface area contributed by atoms with Crippen molar-refractivity contribution < 1.29 is 19.4 Å². The van der Waals surface area contributed by atoms with E-state index in [9.17, 15) is 9.59 Å². The lowest BCUT2D eigenvalue weighted by molar-refractivity contribution is -0.143. The standard InChI is InChI=1S/C10H17NO4/c1-10(2)3-7(10)4-11-8(12)5-15-6-9(13)14/h7H,3-6H2,1-2H3,(H,11,12)(H,13,14). The first kappa shape index (κ1) is 12.0. The fraction of sp³-hybridized carbons (Fsp3) is 0.800. The van der Waals surface area contributed by atoms with Crippen LogP contribution in [0.15, 0.2) is 0 Å². The summed E-state index contributed by atoms with van der Waals surface area (Å²) in [5.41, 5.74) is 0.342. The van der Waals surface area contributed by atoms with Crippen LogP contribution in [0.2, 0.25) is 0 Å². The molecule has 1 fully saturated rings. The molecule has 5 heteroatoms. The lowest BCUT2D eigenvalue weighted by Crippen LogP contribution is -2.30. The average Bonchev–Trinajstić information content (AvgIpc) is 2.70. The Morgan fingerprint density at radius 1 is 1.47 bits per heavy atom. The molecule has 0 aliphatic heterocycles. The smallest absolute Gasteiger partial charge is 0.329 e. The van der Waals surface area contributed by atoms with E-state index in [1.807, 2.05) is 0 Å². The minimum atomic E-state index is -1.06. The maximum atomic E-state index is 11.1. The molecule has 1 aliphatic rings. The van der Waals surface area contributed by atoms with E-state index in [2.05, 4.69) is 23.9 Å². The van der Waals surface area contributed by atoms with Crippen molar-refractivity contribution in [3.63, 3.8) is 0 Å². The molecule has 0 bridgehead atoms. The van der Waals surface area contributed by atoms with Gasteiger partial charge in [-0.15, -0.1) is 0 Å². The Morgan fingerprint density at radius 2 is 2.07 bits per heavy atom. The third kappa shape index (κ3) is 4.29. The number of amides is 1. The number of carbonyl (C=O) groups is 2. The molecule has 0 aromatic carbocycles. The highest BCUT2D eigenvalue weighted by atomic mass is 16.5. The molecular weight excluding hydrogens is 198 g/mol. The number of rotatable bonds is 6. The second-order valence-electron chi connectivity index (χ2n) is 4.58. The fourth-order valence-electron chi connectivity index (χ4n) is 1.44. The quantitative estimate of drug-likeness (QED) is 0.666. The molecule has 1 amide bonds. The monoisotopic (exact) mass is 215 g/mol. The number of carbonyl (C=O) groups excluding carboxylic acids is 1. The molecule has 2 N–H and O–H groups in total. The number of hydrogen-bond acceptors (Lipinski definition) is 3. The zero-order valence-electron chi connectivity index (χ0n) is 9.08. The van der Waals surface area contributed by atoms with E-state index >= 15 is 0 Å².